The van der Waals surface area contributed by atoms with Crippen LogP contribution < -0.4 is 10.6 Å². The minimum absolute atomic E-state index is 0.568. The van der Waals surface area contributed by atoms with Crippen molar-refractivity contribution in [2.24, 2.45) is 5.73 Å². The minimum Gasteiger partial charge on any atom is -0.374 e. The second-order valence-corrected chi connectivity index (χ2v) is 6.18. The molecule has 2 N–H and O–H groups in total. The van der Waals surface area contributed by atoms with E-state index in [0.717, 1.165) is 17.4 Å². The summed E-state index contributed by atoms with van der Waals surface area (Å²) < 4.78 is 1.08. The lowest BCUT2D eigenvalue weighted by Gasteiger charge is -2.22. The third kappa shape index (κ3) is 3.34. The highest BCUT2D eigenvalue weighted by molar-refractivity contribution is 9.10. The molecule has 1 aromatic carbocycles. The van der Waals surface area contributed by atoms with Gasteiger partial charge in [-0.25, -0.2) is 0 Å². The molecule has 0 bridgehead atoms. The third-order valence-electron chi connectivity index (χ3n) is 2.95. The monoisotopic (exact) mass is 324 g/mol. The van der Waals surface area contributed by atoms with Gasteiger partial charge in [-0.15, -0.1) is 11.3 Å². The molecule has 0 aliphatic rings. The number of rotatable bonds is 5. The maximum absolute atomic E-state index is 5.80. The molecule has 0 saturated heterocycles. The molecule has 1 heterocycles. The van der Waals surface area contributed by atoms with Gasteiger partial charge in [0, 0.05) is 35.2 Å². The molecule has 0 amide bonds. The molecule has 0 atom stereocenters. The lowest BCUT2D eigenvalue weighted by Crippen LogP contribution is -2.22. The lowest BCUT2D eigenvalue weighted by molar-refractivity contribution is 0.875. The zero-order valence-corrected chi connectivity index (χ0v) is 12.8. The normalized spacial score (nSPS) is 10.6. The smallest absolute Gasteiger partial charge is 0.0410 e. The molecule has 0 saturated carbocycles. The van der Waals surface area contributed by atoms with E-state index >= 15 is 0 Å². The molecule has 0 aliphatic carbocycles. The standard InChI is InChI=1S/C14H17BrN2S/c1-17(7-6-13-3-2-8-18-13)14-5-4-12(15)9-11(14)10-16/h2-5,8-9H,6-7,10,16H2,1H3. The SMILES string of the molecule is CN(CCc1cccs1)c1ccc(Br)cc1CN. The summed E-state index contributed by atoms with van der Waals surface area (Å²) >= 11 is 5.30. The Kier molecular flexibility index (Phi) is 4.80. The van der Waals surface area contributed by atoms with Gasteiger partial charge >= 0.3 is 0 Å². The molecule has 2 aromatic rings. The van der Waals surface area contributed by atoms with E-state index in [1.165, 1.54) is 16.1 Å². The van der Waals surface area contributed by atoms with Gasteiger partial charge in [0.2, 0.25) is 0 Å². The maximum Gasteiger partial charge on any atom is 0.0410 e. The highest BCUT2D eigenvalue weighted by atomic mass is 79.9. The Hall–Kier alpha value is -0.840. The first-order valence-electron chi connectivity index (χ1n) is 5.92. The van der Waals surface area contributed by atoms with Crippen molar-refractivity contribution in [3.63, 3.8) is 0 Å². The molecule has 96 valence electrons. The minimum atomic E-state index is 0.568. The number of nitrogens with two attached hydrogens (primary N) is 1. The Morgan fingerprint density at radius 1 is 1.33 bits per heavy atom. The summed E-state index contributed by atoms with van der Waals surface area (Å²) in [5.41, 5.74) is 8.20. The zero-order chi connectivity index (χ0) is 13.0. The Morgan fingerprint density at radius 3 is 2.83 bits per heavy atom. The van der Waals surface area contributed by atoms with E-state index in [2.05, 4.69) is 63.6 Å². The van der Waals surface area contributed by atoms with Crippen LogP contribution in [0.1, 0.15) is 10.4 Å². The molecule has 0 aliphatic heterocycles. The van der Waals surface area contributed by atoms with Gasteiger partial charge in [-0.2, -0.15) is 0 Å². The maximum atomic E-state index is 5.80. The molecule has 0 unspecified atom stereocenters. The molecule has 4 heteroatoms. The third-order valence-corrected chi connectivity index (χ3v) is 4.38. The molecule has 1 aromatic heterocycles. The number of halogens is 1. The van der Waals surface area contributed by atoms with Crippen LogP contribution in [0.25, 0.3) is 0 Å². The van der Waals surface area contributed by atoms with Crippen LogP contribution in [0.2, 0.25) is 0 Å². The Balaban J connectivity index is 2.06. The number of likely N-dealkylation sites (N-methyl/N-ethyl adjacent to an activating group) is 1. The second-order valence-electron chi connectivity index (χ2n) is 4.23. The Bertz CT molecular complexity index is 497. The van der Waals surface area contributed by atoms with Crippen molar-refractivity contribution in [1.82, 2.24) is 0 Å². The van der Waals surface area contributed by atoms with E-state index < -0.39 is 0 Å². The quantitative estimate of drug-likeness (QED) is 0.909. The van der Waals surface area contributed by atoms with Crippen LogP contribution in [0.3, 0.4) is 0 Å². The van der Waals surface area contributed by atoms with Gasteiger partial charge in [0.05, 0.1) is 0 Å². The van der Waals surface area contributed by atoms with Crippen LogP contribution in [0, 0.1) is 0 Å². The van der Waals surface area contributed by atoms with Crippen molar-refractivity contribution in [3.05, 3.63) is 50.6 Å². The second kappa shape index (κ2) is 6.36. The summed E-state index contributed by atoms with van der Waals surface area (Å²) in [6.07, 6.45) is 1.08. The van der Waals surface area contributed by atoms with E-state index in [0.29, 0.717) is 6.54 Å². The highest BCUT2D eigenvalue weighted by Gasteiger charge is 2.07. The number of benzene rings is 1. The average molecular weight is 325 g/mol. The highest BCUT2D eigenvalue weighted by Crippen LogP contribution is 2.24. The topological polar surface area (TPSA) is 29.3 Å². The number of hydrogen-bond donors (Lipinski definition) is 1. The van der Waals surface area contributed by atoms with Gasteiger partial charge in [-0.3, -0.25) is 0 Å². The molecule has 0 spiro atoms. The van der Waals surface area contributed by atoms with Crippen molar-refractivity contribution in [1.29, 1.82) is 0 Å². The molecular weight excluding hydrogens is 308 g/mol. The molecular formula is C14H17BrN2S. The van der Waals surface area contributed by atoms with Crippen molar-refractivity contribution in [2.45, 2.75) is 13.0 Å². The first kappa shape index (κ1) is 13.6. The van der Waals surface area contributed by atoms with Gasteiger partial charge in [0.15, 0.2) is 0 Å². The van der Waals surface area contributed by atoms with Crippen LogP contribution in [-0.2, 0) is 13.0 Å². The van der Waals surface area contributed by atoms with Crippen molar-refractivity contribution in [2.75, 3.05) is 18.5 Å². The number of anilines is 1. The van der Waals surface area contributed by atoms with Crippen LogP contribution in [0.4, 0.5) is 5.69 Å². The predicted molar refractivity (Wildman–Crippen MR) is 83.3 cm³/mol. The summed E-state index contributed by atoms with van der Waals surface area (Å²) in [5.74, 6) is 0. The zero-order valence-electron chi connectivity index (χ0n) is 10.4. The van der Waals surface area contributed by atoms with E-state index in [4.69, 9.17) is 5.73 Å². The molecule has 0 radical (unpaired) electrons. The van der Waals surface area contributed by atoms with Crippen molar-refractivity contribution in [3.8, 4) is 0 Å². The number of thiophene rings is 1. The number of nitrogens with zero attached hydrogens (tertiary/aromatic N) is 1. The van der Waals surface area contributed by atoms with E-state index in [9.17, 15) is 0 Å². The van der Waals surface area contributed by atoms with E-state index in [1.54, 1.807) is 0 Å². The van der Waals surface area contributed by atoms with E-state index in [1.807, 2.05) is 11.3 Å². The summed E-state index contributed by atoms with van der Waals surface area (Å²) in [5, 5.41) is 2.13. The Labute approximate surface area is 121 Å². The summed E-state index contributed by atoms with van der Waals surface area (Å²) in [7, 11) is 2.12. The van der Waals surface area contributed by atoms with Gasteiger partial charge < -0.3 is 10.6 Å². The predicted octanol–water partition coefficient (Wildman–Crippen LogP) is 3.65. The van der Waals surface area contributed by atoms with Gasteiger partial charge in [0.25, 0.3) is 0 Å². The Morgan fingerprint density at radius 2 is 2.17 bits per heavy atom. The van der Waals surface area contributed by atoms with Crippen molar-refractivity contribution < 1.29 is 0 Å². The van der Waals surface area contributed by atoms with Gasteiger partial charge in [-0.05, 0) is 41.6 Å². The largest absolute Gasteiger partial charge is 0.374 e. The van der Waals surface area contributed by atoms with Crippen LogP contribution >= 0.6 is 27.3 Å². The van der Waals surface area contributed by atoms with Gasteiger partial charge in [0.1, 0.15) is 0 Å². The molecule has 18 heavy (non-hydrogen) atoms. The first-order chi connectivity index (χ1) is 8.70. The first-order valence-corrected chi connectivity index (χ1v) is 7.60. The fraction of sp³-hybridized carbons (Fsp3) is 0.286. The summed E-state index contributed by atoms with van der Waals surface area (Å²) in [6.45, 7) is 1.58. The fourth-order valence-corrected chi connectivity index (χ4v) is 3.05. The van der Waals surface area contributed by atoms with Crippen LogP contribution in [0.15, 0.2) is 40.2 Å². The summed E-state index contributed by atoms with van der Waals surface area (Å²) in [6, 6.07) is 10.6. The molecule has 0 fully saturated rings. The van der Waals surface area contributed by atoms with Crippen molar-refractivity contribution >= 4 is 33.0 Å². The van der Waals surface area contributed by atoms with E-state index in [-0.39, 0.29) is 0 Å². The average Bonchev–Trinajstić information content (AvgIpc) is 2.88. The molecule has 2 rings (SSSR count). The lowest BCUT2D eigenvalue weighted by atomic mass is 10.1. The van der Waals surface area contributed by atoms with Crippen LogP contribution in [0.5, 0.6) is 0 Å². The van der Waals surface area contributed by atoms with Crippen LogP contribution in [-0.4, -0.2) is 13.6 Å². The summed E-state index contributed by atoms with van der Waals surface area (Å²) in [4.78, 5) is 3.70. The fourth-order valence-electron chi connectivity index (χ4n) is 1.94. The van der Waals surface area contributed by atoms with Gasteiger partial charge in [-0.1, -0.05) is 22.0 Å². The molecule has 2 nitrogen and oxygen atoms in total. The number of hydrogen-bond acceptors (Lipinski definition) is 3.